The number of rotatable bonds is 5. The van der Waals surface area contributed by atoms with E-state index in [2.05, 4.69) is 20.9 Å². The standard InChI is InChI=1S/C15H14BrFN2O2/c16-11-7-10(17)3-5-13(11)21-14-6-4-12(18)15(19-14)20-8-9-1-2-9/h3-7,9H,1-2,8,18H2. The van der Waals surface area contributed by atoms with E-state index in [-0.39, 0.29) is 5.82 Å². The van der Waals surface area contributed by atoms with Crippen LogP contribution in [0.2, 0.25) is 0 Å². The molecule has 0 radical (unpaired) electrons. The van der Waals surface area contributed by atoms with E-state index in [0.29, 0.717) is 40.2 Å². The number of hydrogen-bond donors (Lipinski definition) is 1. The van der Waals surface area contributed by atoms with Gasteiger partial charge in [0.15, 0.2) is 0 Å². The highest BCUT2D eigenvalue weighted by Crippen LogP contribution is 2.33. The molecular formula is C15H14BrFN2O2. The monoisotopic (exact) mass is 352 g/mol. The Morgan fingerprint density at radius 3 is 2.81 bits per heavy atom. The van der Waals surface area contributed by atoms with Crippen LogP contribution in [0.3, 0.4) is 0 Å². The maximum absolute atomic E-state index is 13.0. The molecule has 0 bridgehead atoms. The van der Waals surface area contributed by atoms with Gasteiger partial charge in [0.05, 0.1) is 16.8 Å². The van der Waals surface area contributed by atoms with Crippen molar-refractivity contribution >= 4 is 21.6 Å². The van der Waals surface area contributed by atoms with Crippen LogP contribution in [0, 0.1) is 11.7 Å². The van der Waals surface area contributed by atoms with Gasteiger partial charge in [-0.15, -0.1) is 0 Å². The van der Waals surface area contributed by atoms with Gasteiger partial charge in [-0.05, 0) is 59.0 Å². The summed E-state index contributed by atoms with van der Waals surface area (Å²) in [7, 11) is 0. The summed E-state index contributed by atoms with van der Waals surface area (Å²) in [6.45, 7) is 0.626. The van der Waals surface area contributed by atoms with Gasteiger partial charge in [-0.2, -0.15) is 4.98 Å². The summed E-state index contributed by atoms with van der Waals surface area (Å²) in [6, 6.07) is 7.51. The summed E-state index contributed by atoms with van der Waals surface area (Å²) in [5, 5.41) is 0. The van der Waals surface area contributed by atoms with Crippen LogP contribution >= 0.6 is 15.9 Å². The fourth-order valence-electron chi connectivity index (χ4n) is 1.76. The van der Waals surface area contributed by atoms with E-state index >= 15 is 0 Å². The largest absolute Gasteiger partial charge is 0.476 e. The van der Waals surface area contributed by atoms with Crippen molar-refractivity contribution in [3.63, 3.8) is 0 Å². The lowest BCUT2D eigenvalue weighted by atomic mass is 10.3. The zero-order chi connectivity index (χ0) is 14.8. The van der Waals surface area contributed by atoms with Crippen molar-refractivity contribution in [2.45, 2.75) is 12.8 Å². The molecule has 1 fully saturated rings. The number of halogens is 2. The molecule has 2 N–H and O–H groups in total. The molecule has 1 aliphatic rings. The lowest BCUT2D eigenvalue weighted by molar-refractivity contribution is 0.286. The van der Waals surface area contributed by atoms with Crippen LogP contribution in [0.1, 0.15) is 12.8 Å². The van der Waals surface area contributed by atoms with Gasteiger partial charge in [-0.25, -0.2) is 4.39 Å². The Kier molecular flexibility index (Phi) is 3.96. The first-order chi connectivity index (χ1) is 10.1. The molecule has 1 heterocycles. The van der Waals surface area contributed by atoms with Crippen molar-refractivity contribution in [3.05, 3.63) is 40.6 Å². The Balaban J connectivity index is 1.76. The van der Waals surface area contributed by atoms with Gasteiger partial charge in [0.1, 0.15) is 11.6 Å². The number of benzene rings is 1. The predicted molar refractivity (Wildman–Crippen MR) is 81.0 cm³/mol. The third-order valence-corrected chi connectivity index (χ3v) is 3.74. The Labute approximate surface area is 130 Å². The summed E-state index contributed by atoms with van der Waals surface area (Å²) >= 11 is 3.25. The molecule has 1 aliphatic carbocycles. The van der Waals surface area contributed by atoms with Gasteiger partial charge in [-0.3, -0.25) is 0 Å². The Hall–Kier alpha value is -1.82. The Morgan fingerprint density at radius 2 is 2.10 bits per heavy atom. The highest BCUT2D eigenvalue weighted by atomic mass is 79.9. The molecular weight excluding hydrogens is 339 g/mol. The lowest BCUT2D eigenvalue weighted by Crippen LogP contribution is -2.04. The maximum atomic E-state index is 13.0. The van der Waals surface area contributed by atoms with Gasteiger partial charge < -0.3 is 15.2 Å². The van der Waals surface area contributed by atoms with E-state index < -0.39 is 0 Å². The topological polar surface area (TPSA) is 57.4 Å². The Morgan fingerprint density at radius 1 is 1.29 bits per heavy atom. The molecule has 0 amide bonds. The lowest BCUT2D eigenvalue weighted by Gasteiger charge is -2.11. The predicted octanol–water partition coefficient (Wildman–Crippen LogP) is 4.15. The van der Waals surface area contributed by atoms with Gasteiger partial charge >= 0.3 is 0 Å². The van der Waals surface area contributed by atoms with Crippen molar-refractivity contribution in [2.24, 2.45) is 5.92 Å². The number of nitrogens with two attached hydrogens (primary N) is 1. The number of hydrogen-bond acceptors (Lipinski definition) is 4. The third kappa shape index (κ3) is 3.64. The molecule has 0 saturated heterocycles. The number of ether oxygens (including phenoxy) is 2. The van der Waals surface area contributed by atoms with Crippen LogP contribution in [0.5, 0.6) is 17.5 Å². The van der Waals surface area contributed by atoms with Crippen LogP contribution in [-0.4, -0.2) is 11.6 Å². The van der Waals surface area contributed by atoms with Crippen LogP contribution in [0.25, 0.3) is 0 Å². The average Bonchev–Trinajstić information content (AvgIpc) is 3.26. The van der Waals surface area contributed by atoms with E-state index in [4.69, 9.17) is 15.2 Å². The number of anilines is 1. The summed E-state index contributed by atoms with van der Waals surface area (Å²) in [6.07, 6.45) is 2.39. The van der Waals surface area contributed by atoms with E-state index in [1.54, 1.807) is 12.1 Å². The Bertz CT molecular complexity index is 662. The van der Waals surface area contributed by atoms with Crippen LogP contribution in [0.15, 0.2) is 34.8 Å². The molecule has 4 nitrogen and oxygen atoms in total. The second-order valence-electron chi connectivity index (χ2n) is 4.98. The van der Waals surface area contributed by atoms with Gasteiger partial charge in [0.25, 0.3) is 0 Å². The molecule has 0 spiro atoms. The van der Waals surface area contributed by atoms with Crippen molar-refractivity contribution in [1.29, 1.82) is 0 Å². The normalized spacial score (nSPS) is 14.0. The van der Waals surface area contributed by atoms with E-state index in [1.165, 1.54) is 31.0 Å². The number of pyridine rings is 1. The summed E-state index contributed by atoms with van der Waals surface area (Å²) in [4.78, 5) is 4.25. The molecule has 1 aromatic heterocycles. The van der Waals surface area contributed by atoms with Gasteiger partial charge in [0.2, 0.25) is 11.8 Å². The first-order valence-electron chi connectivity index (χ1n) is 6.64. The molecule has 2 aromatic rings. The maximum Gasteiger partial charge on any atom is 0.240 e. The molecule has 0 unspecified atom stereocenters. The zero-order valence-electron chi connectivity index (χ0n) is 11.2. The minimum absolute atomic E-state index is 0.340. The summed E-state index contributed by atoms with van der Waals surface area (Å²) < 4.78 is 24.8. The zero-order valence-corrected chi connectivity index (χ0v) is 12.8. The molecule has 1 saturated carbocycles. The third-order valence-electron chi connectivity index (χ3n) is 3.13. The fourth-order valence-corrected chi connectivity index (χ4v) is 2.19. The van der Waals surface area contributed by atoms with Crippen molar-refractivity contribution in [2.75, 3.05) is 12.3 Å². The highest BCUT2D eigenvalue weighted by Gasteiger charge is 2.22. The number of aromatic nitrogens is 1. The minimum atomic E-state index is -0.340. The highest BCUT2D eigenvalue weighted by molar-refractivity contribution is 9.10. The summed E-state index contributed by atoms with van der Waals surface area (Å²) in [5.74, 6) is 1.47. The minimum Gasteiger partial charge on any atom is -0.476 e. The molecule has 6 heteroatoms. The quantitative estimate of drug-likeness (QED) is 0.878. The molecule has 110 valence electrons. The second kappa shape index (κ2) is 5.89. The first-order valence-corrected chi connectivity index (χ1v) is 7.43. The first kappa shape index (κ1) is 14.1. The van der Waals surface area contributed by atoms with Crippen molar-refractivity contribution < 1.29 is 13.9 Å². The van der Waals surface area contributed by atoms with E-state index in [0.717, 1.165) is 0 Å². The summed E-state index contributed by atoms with van der Waals surface area (Å²) in [5.41, 5.74) is 6.31. The SMILES string of the molecule is Nc1ccc(Oc2ccc(F)cc2Br)nc1OCC1CC1. The molecule has 3 rings (SSSR count). The van der Waals surface area contributed by atoms with Crippen LogP contribution in [-0.2, 0) is 0 Å². The van der Waals surface area contributed by atoms with Crippen LogP contribution < -0.4 is 15.2 Å². The number of nitrogen functional groups attached to an aromatic ring is 1. The van der Waals surface area contributed by atoms with Crippen molar-refractivity contribution in [3.8, 4) is 17.5 Å². The van der Waals surface area contributed by atoms with E-state index in [1.807, 2.05) is 0 Å². The fraction of sp³-hybridized carbons (Fsp3) is 0.267. The molecule has 1 aromatic carbocycles. The average molecular weight is 353 g/mol. The van der Waals surface area contributed by atoms with Gasteiger partial charge in [-0.1, -0.05) is 0 Å². The number of nitrogens with zero attached hydrogens (tertiary/aromatic N) is 1. The molecule has 21 heavy (non-hydrogen) atoms. The smallest absolute Gasteiger partial charge is 0.240 e. The van der Waals surface area contributed by atoms with E-state index in [9.17, 15) is 4.39 Å². The molecule has 0 atom stereocenters. The van der Waals surface area contributed by atoms with Crippen molar-refractivity contribution in [1.82, 2.24) is 4.98 Å². The second-order valence-corrected chi connectivity index (χ2v) is 5.83. The molecule has 0 aliphatic heterocycles. The van der Waals surface area contributed by atoms with Crippen LogP contribution in [0.4, 0.5) is 10.1 Å². The van der Waals surface area contributed by atoms with Gasteiger partial charge in [0, 0.05) is 6.07 Å².